The molecule has 1 unspecified atom stereocenters. The number of halogens is 1. The van der Waals surface area contributed by atoms with E-state index in [0.29, 0.717) is 10.9 Å². The van der Waals surface area contributed by atoms with Gasteiger partial charge in [-0.1, -0.05) is 41.6 Å². The molecule has 3 heteroatoms. The summed E-state index contributed by atoms with van der Waals surface area (Å²) < 4.78 is 2.22. The first-order chi connectivity index (χ1) is 9.33. The van der Waals surface area contributed by atoms with Crippen LogP contribution in [0, 0.1) is 5.92 Å². The van der Waals surface area contributed by atoms with E-state index in [4.69, 9.17) is 5.10 Å². The minimum Gasteiger partial charge on any atom is -0.269 e. The van der Waals surface area contributed by atoms with Crippen LogP contribution in [0.25, 0.3) is 0 Å². The predicted molar refractivity (Wildman–Crippen MR) is 82.7 cm³/mol. The lowest BCUT2D eigenvalue weighted by Crippen LogP contribution is -2.12. The van der Waals surface area contributed by atoms with Gasteiger partial charge in [-0.25, -0.2) is 0 Å². The van der Waals surface area contributed by atoms with Crippen LogP contribution in [0.2, 0.25) is 0 Å². The second-order valence-corrected chi connectivity index (χ2v) is 7.50. The molecule has 0 aromatic carbocycles. The fourth-order valence-corrected chi connectivity index (χ4v) is 4.48. The lowest BCUT2D eigenvalue weighted by Gasteiger charge is -2.16. The summed E-state index contributed by atoms with van der Waals surface area (Å²) in [4.78, 5) is 0.701. The van der Waals surface area contributed by atoms with Crippen molar-refractivity contribution >= 4 is 15.9 Å². The van der Waals surface area contributed by atoms with E-state index in [9.17, 15) is 0 Å². The number of hydrogen-bond donors (Lipinski definition) is 0. The van der Waals surface area contributed by atoms with E-state index in [-0.39, 0.29) is 0 Å². The van der Waals surface area contributed by atoms with Gasteiger partial charge in [-0.2, -0.15) is 5.10 Å². The van der Waals surface area contributed by atoms with Crippen LogP contribution in [-0.4, -0.2) is 14.6 Å². The maximum Gasteiger partial charge on any atom is 0.0625 e. The third kappa shape index (κ3) is 3.42. The highest BCUT2D eigenvalue weighted by Gasteiger charge is 2.23. The van der Waals surface area contributed by atoms with Crippen molar-refractivity contribution in [3.8, 4) is 0 Å². The van der Waals surface area contributed by atoms with Crippen molar-refractivity contribution in [2.24, 2.45) is 5.92 Å². The van der Waals surface area contributed by atoms with Gasteiger partial charge in [0, 0.05) is 11.0 Å². The largest absolute Gasteiger partial charge is 0.269 e. The van der Waals surface area contributed by atoms with Gasteiger partial charge < -0.3 is 0 Å². The van der Waals surface area contributed by atoms with Gasteiger partial charge in [0.05, 0.1) is 11.7 Å². The molecule has 1 aromatic rings. The van der Waals surface area contributed by atoms with Crippen LogP contribution in [-0.2, 0) is 6.42 Å². The standard InChI is InChI=1S/C16H25BrN2/c17-16(13-5-1-2-6-13)10-9-14-11-12-19(18-14)15-7-3-4-8-15/h11-13,15-16H,1-10H2. The molecule has 19 heavy (non-hydrogen) atoms. The predicted octanol–water partition coefficient (Wildman–Crippen LogP) is 4.88. The van der Waals surface area contributed by atoms with Crippen LogP contribution in [0.5, 0.6) is 0 Å². The van der Waals surface area contributed by atoms with Gasteiger partial charge in [-0.3, -0.25) is 4.68 Å². The van der Waals surface area contributed by atoms with E-state index in [2.05, 4.69) is 32.9 Å². The molecular weight excluding hydrogens is 300 g/mol. The molecular formula is C16H25BrN2. The van der Waals surface area contributed by atoms with Crippen LogP contribution in [0.15, 0.2) is 12.3 Å². The third-order valence-corrected chi connectivity index (χ3v) is 6.16. The minimum absolute atomic E-state index is 0.684. The highest BCUT2D eigenvalue weighted by atomic mass is 79.9. The van der Waals surface area contributed by atoms with Crippen LogP contribution in [0.4, 0.5) is 0 Å². The number of aromatic nitrogens is 2. The quantitative estimate of drug-likeness (QED) is 0.705. The summed E-state index contributed by atoms with van der Waals surface area (Å²) in [6.45, 7) is 0. The molecule has 1 heterocycles. The van der Waals surface area contributed by atoms with Crippen molar-refractivity contribution in [1.82, 2.24) is 9.78 Å². The summed E-state index contributed by atoms with van der Waals surface area (Å²) in [5.41, 5.74) is 1.29. The summed E-state index contributed by atoms with van der Waals surface area (Å²) >= 11 is 3.90. The smallest absolute Gasteiger partial charge is 0.0625 e. The molecule has 0 bridgehead atoms. The molecule has 2 aliphatic carbocycles. The Morgan fingerprint density at radius 1 is 1.16 bits per heavy atom. The number of aryl methyl sites for hydroxylation is 1. The lowest BCUT2D eigenvalue weighted by molar-refractivity contribution is 0.459. The maximum absolute atomic E-state index is 4.79. The van der Waals surface area contributed by atoms with Gasteiger partial charge in [0.25, 0.3) is 0 Å². The topological polar surface area (TPSA) is 17.8 Å². The molecule has 3 rings (SSSR count). The van der Waals surface area contributed by atoms with Crippen LogP contribution in [0.1, 0.15) is 69.5 Å². The highest BCUT2D eigenvalue weighted by Crippen LogP contribution is 2.33. The Balaban J connectivity index is 1.49. The monoisotopic (exact) mass is 324 g/mol. The van der Waals surface area contributed by atoms with E-state index < -0.39 is 0 Å². The fraction of sp³-hybridized carbons (Fsp3) is 0.812. The summed E-state index contributed by atoms with van der Waals surface area (Å²) in [7, 11) is 0. The molecule has 0 aliphatic heterocycles. The summed E-state index contributed by atoms with van der Waals surface area (Å²) in [6.07, 6.45) is 15.7. The van der Waals surface area contributed by atoms with Crippen LogP contribution in [0.3, 0.4) is 0 Å². The van der Waals surface area contributed by atoms with Crippen molar-refractivity contribution in [3.05, 3.63) is 18.0 Å². The molecule has 2 aliphatic rings. The Kier molecular flexibility index (Phi) is 4.62. The third-order valence-electron chi connectivity index (χ3n) is 4.95. The summed E-state index contributed by atoms with van der Waals surface area (Å²) in [6, 6.07) is 2.91. The average Bonchev–Trinajstić information content (AvgIpc) is 3.14. The zero-order valence-electron chi connectivity index (χ0n) is 11.7. The number of nitrogens with zero attached hydrogens (tertiary/aromatic N) is 2. The number of alkyl halides is 1. The molecule has 0 spiro atoms. The maximum atomic E-state index is 4.79. The molecule has 0 amide bonds. The highest BCUT2D eigenvalue weighted by molar-refractivity contribution is 9.09. The van der Waals surface area contributed by atoms with E-state index in [1.54, 1.807) is 0 Å². The Morgan fingerprint density at radius 2 is 1.84 bits per heavy atom. The number of hydrogen-bond acceptors (Lipinski definition) is 1. The first-order valence-corrected chi connectivity index (χ1v) is 8.92. The molecule has 0 N–H and O–H groups in total. The zero-order chi connectivity index (χ0) is 13.1. The molecule has 0 radical (unpaired) electrons. The van der Waals surface area contributed by atoms with Gasteiger partial charge in [-0.15, -0.1) is 0 Å². The Morgan fingerprint density at radius 3 is 2.58 bits per heavy atom. The molecule has 1 aromatic heterocycles. The van der Waals surface area contributed by atoms with Crippen molar-refractivity contribution in [1.29, 1.82) is 0 Å². The van der Waals surface area contributed by atoms with Crippen molar-refractivity contribution in [2.45, 2.75) is 75.1 Å². The second-order valence-electron chi connectivity index (χ2n) is 6.32. The van der Waals surface area contributed by atoms with Gasteiger partial charge in [-0.05, 0) is 50.5 Å². The number of rotatable bonds is 5. The summed E-state index contributed by atoms with van der Waals surface area (Å²) in [5, 5.41) is 4.79. The molecule has 106 valence electrons. The minimum atomic E-state index is 0.684. The van der Waals surface area contributed by atoms with Gasteiger partial charge >= 0.3 is 0 Å². The lowest BCUT2D eigenvalue weighted by atomic mass is 10.00. The van der Waals surface area contributed by atoms with Crippen molar-refractivity contribution in [3.63, 3.8) is 0 Å². The summed E-state index contributed by atoms with van der Waals surface area (Å²) in [5.74, 6) is 0.914. The van der Waals surface area contributed by atoms with Crippen molar-refractivity contribution < 1.29 is 0 Å². The molecule has 2 fully saturated rings. The van der Waals surface area contributed by atoms with E-state index in [0.717, 1.165) is 12.3 Å². The SMILES string of the molecule is BrC(CCc1ccn(C2CCCC2)n1)C1CCCC1. The van der Waals surface area contributed by atoms with Gasteiger partial charge in [0.1, 0.15) is 0 Å². The molecule has 1 atom stereocenters. The van der Waals surface area contributed by atoms with Gasteiger partial charge in [0.2, 0.25) is 0 Å². The molecule has 0 saturated heterocycles. The first-order valence-electron chi connectivity index (χ1n) is 8.01. The Hall–Kier alpha value is -0.310. The molecule has 2 nitrogen and oxygen atoms in total. The van der Waals surface area contributed by atoms with Crippen molar-refractivity contribution in [2.75, 3.05) is 0 Å². The second kappa shape index (κ2) is 6.43. The average molecular weight is 325 g/mol. The Bertz CT molecular complexity index is 389. The van der Waals surface area contributed by atoms with E-state index in [1.807, 2.05) is 0 Å². The van der Waals surface area contributed by atoms with Crippen LogP contribution >= 0.6 is 15.9 Å². The fourth-order valence-electron chi connectivity index (χ4n) is 3.72. The van der Waals surface area contributed by atoms with E-state index >= 15 is 0 Å². The van der Waals surface area contributed by atoms with Crippen LogP contribution < -0.4 is 0 Å². The zero-order valence-corrected chi connectivity index (χ0v) is 13.3. The normalized spacial score (nSPS) is 23.2. The van der Waals surface area contributed by atoms with E-state index in [1.165, 1.54) is 63.5 Å². The Labute approximate surface area is 125 Å². The first kappa shape index (κ1) is 13.7. The molecule has 2 saturated carbocycles. The van der Waals surface area contributed by atoms with Gasteiger partial charge in [0.15, 0.2) is 0 Å².